The largest absolute Gasteiger partial charge is 0.342 e. The van der Waals surface area contributed by atoms with Crippen molar-refractivity contribution in [2.24, 2.45) is 5.14 Å². The summed E-state index contributed by atoms with van der Waals surface area (Å²) < 4.78 is 22.9. The summed E-state index contributed by atoms with van der Waals surface area (Å²) in [6.45, 7) is 3.51. The van der Waals surface area contributed by atoms with E-state index in [9.17, 15) is 18.0 Å². The molecule has 0 saturated carbocycles. The molecule has 0 radical (unpaired) electrons. The van der Waals surface area contributed by atoms with Crippen LogP contribution in [0.25, 0.3) is 0 Å². The summed E-state index contributed by atoms with van der Waals surface area (Å²) in [5.41, 5.74) is 0.940. The third kappa shape index (κ3) is 3.59. The topological polar surface area (TPSA) is 101 Å². The van der Waals surface area contributed by atoms with Crippen LogP contribution in [0.2, 0.25) is 0 Å². The maximum absolute atomic E-state index is 12.4. The lowest BCUT2D eigenvalue weighted by molar-refractivity contribution is -0.119. The Labute approximate surface area is 123 Å². The van der Waals surface area contributed by atoms with Crippen LogP contribution in [0.4, 0.5) is 0 Å². The molecule has 1 heterocycles. The van der Waals surface area contributed by atoms with Crippen molar-refractivity contribution in [2.45, 2.75) is 11.8 Å². The van der Waals surface area contributed by atoms with E-state index in [4.69, 9.17) is 5.14 Å². The number of piperazine rings is 1. The van der Waals surface area contributed by atoms with Gasteiger partial charge < -0.3 is 9.80 Å². The molecule has 0 aliphatic carbocycles. The van der Waals surface area contributed by atoms with Crippen LogP contribution in [0.3, 0.4) is 0 Å². The van der Waals surface area contributed by atoms with Crippen LogP contribution in [0.1, 0.15) is 15.9 Å². The lowest BCUT2D eigenvalue weighted by Gasteiger charge is -2.32. The molecule has 0 spiro atoms. The summed E-state index contributed by atoms with van der Waals surface area (Å²) >= 11 is 0. The van der Waals surface area contributed by atoms with Gasteiger partial charge in [-0.3, -0.25) is 9.59 Å². The van der Waals surface area contributed by atoms with Crippen molar-refractivity contribution in [2.75, 3.05) is 26.2 Å². The molecule has 8 heteroatoms. The molecule has 1 aliphatic rings. The summed E-state index contributed by atoms with van der Waals surface area (Å²) in [5, 5.41) is 5.11. The number of carbonyl (C=O) groups is 2. The first-order valence-electron chi connectivity index (χ1n) is 6.44. The predicted molar refractivity (Wildman–Crippen MR) is 76.1 cm³/mol. The summed E-state index contributed by atoms with van der Waals surface area (Å²) in [7, 11) is -3.85. The van der Waals surface area contributed by atoms with Gasteiger partial charge in [0.05, 0.1) is 4.90 Å². The molecule has 2 amide bonds. The highest BCUT2D eigenvalue weighted by Crippen LogP contribution is 2.16. The van der Waals surface area contributed by atoms with Crippen molar-refractivity contribution in [3.05, 3.63) is 29.3 Å². The smallest absolute Gasteiger partial charge is 0.254 e. The van der Waals surface area contributed by atoms with Crippen LogP contribution in [-0.2, 0) is 14.8 Å². The molecule has 1 saturated heterocycles. The van der Waals surface area contributed by atoms with Crippen LogP contribution >= 0.6 is 0 Å². The monoisotopic (exact) mass is 311 g/mol. The Morgan fingerprint density at radius 2 is 1.81 bits per heavy atom. The molecule has 21 heavy (non-hydrogen) atoms. The first kappa shape index (κ1) is 15.5. The Morgan fingerprint density at radius 1 is 1.19 bits per heavy atom. The quantitative estimate of drug-likeness (QED) is 0.764. The summed E-state index contributed by atoms with van der Waals surface area (Å²) in [6, 6.07) is 4.34. The number of amides is 2. The third-order valence-electron chi connectivity index (χ3n) is 3.38. The van der Waals surface area contributed by atoms with Crippen LogP contribution in [0.15, 0.2) is 23.1 Å². The summed E-state index contributed by atoms with van der Waals surface area (Å²) in [4.78, 5) is 26.2. The number of carbonyl (C=O) groups excluding carboxylic acids is 2. The number of hydrogen-bond donors (Lipinski definition) is 1. The second-order valence-electron chi connectivity index (χ2n) is 5.01. The second kappa shape index (κ2) is 5.82. The van der Waals surface area contributed by atoms with Crippen LogP contribution in [-0.4, -0.2) is 56.7 Å². The Hall–Kier alpha value is -1.93. The van der Waals surface area contributed by atoms with Gasteiger partial charge in [0, 0.05) is 31.7 Å². The van der Waals surface area contributed by atoms with E-state index in [1.54, 1.807) is 22.8 Å². The predicted octanol–water partition coefficient (Wildman–Crippen LogP) is -0.443. The first-order valence-corrected chi connectivity index (χ1v) is 7.99. The second-order valence-corrected chi connectivity index (χ2v) is 6.57. The van der Waals surface area contributed by atoms with Gasteiger partial charge in [-0.05, 0) is 30.7 Å². The van der Waals surface area contributed by atoms with Crippen LogP contribution < -0.4 is 5.14 Å². The van der Waals surface area contributed by atoms with Crippen molar-refractivity contribution < 1.29 is 18.0 Å². The van der Waals surface area contributed by atoms with Crippen LogP contribution in [0, 0.1) is 6.92 Å². The molecule has 1 aliphatic heterocycles. The molecule has 0 bridgehead atoms. The zero-order chi connectivity index (χ0) is 15.6. The van der Waals surface area contributed by atoms with Crippen molar-refractivity contribution in [3.63, 3.8) is 0 Å². The van der Waals surface area contributed by atoms with E-state index >= 15 is 0 Å². The Bertz CT molecular complexity index is 664. The number of sulfonamides is 1. The van der Waals surface area contributed by atoms with E-state index in [2.05, 4.69) is 0 Å². The van der Waals surface area contributed by atoms with Gasteiger partial charge in [0.1, 0.15) is 0 Å². The molecule has 0 unspecified atom stereocenters. The molecule has 1 fully saturated rings. The van der Waals surface area contributed by atoms with Gasteiger partial charge >= 0.3 is 0 Å². The lowest BCUT2D eigenvalue weighted by Crippen LogP contribution is -2.48. The zero-order valence-electron chi connectivity index (χ0n) is 11.7. The number of aryl methyl sites for hydroxylation is 1. The molecule has 0 atom stereocenters. The Kier molecular flexibility index (Phi) is 4.29. The van der Waals surface area contributed by atoms with Crippen molar-refractivity contribution in [3.8, 4) is 0 Å². The van der Waals surface area contributed by atoms with E-state index in [1.807, 2.05) is 0 Å². The SMILES string of the molecule is Cc1cc(C(=O)N2CCN(C=O)CC2)cc(S(N)(=O)=O)c1. The van der Waals surface area contributed by atoms with E-state index in [0.29, 0.717) is 37.3 Å². The van der Waals surface area contributed by atoms with Gasteiger partial charge in [0.2, 0.25) is 16.4 Å². The molecular weight excluding hydrogens is 294 g/mol. The summed E-state index contributed by atoms with van der Waals surface area (Å²) in [6.07, 6.45) is 0.758. The van der Waals surface area contributed by atoms with Gasteiger partial charge in [0.25, 0.3) is 5.91 Å². The fourth-order valence-corrected chi connectivity index (χ4v) is 2.89. The average molecular weight is 311 g/mol. The lowest BCUT2D eigenvalue weighted by atomic mass is 10.1. The van der Waals surface area contributed by atoms with E-state index in [0.717, 1.165) is 6.41 Å². The standard InChI is InChI=1S/C13H17N3O4S/c1-10-6-11(8-12(7-10)21(14,19)20)13(18)16-4-2-15(9-17)3-5-16/h6-9H,2-5H2,1H3,(H2,14,19,20). The highest BCUT2D eigenvalue weighted by atomic mass is 32.2. The first-order chi connectivity index (χ1) is 9.81. The minimum Gasteiger partial charge on any atom is -0.342 e. The normalized spacial score (nSPS) is 15.9. The van der Waals surface area contributed by atoms with Gasteiger partial charge in [0.15, 0.2) is 0 Å². The number of benzene rings is 1. The molecule has 114 valence electrons. The molecular formula is C13H17N3O4S. The van der Waals surface area contributed by atoms with E-state index in [-0.39, 0.29) is 10.8 Å². The molecule has 1 aromatic rings. The number of primary sulfonamides is 1. The minimum absolute atomic E-state index is 0.0719. The minimum atomic E-state index is -3.85. The zero-order valence-corrected chi connectivity index (χ0v) is 12.5. The fraction of sp³-hybridized carbons (Fsp3) is 0.385. The van der Waals surface area contributed by atoms with Gasteiger partial charge in [-0.2, -0.15) is 0 Å². The van der Waals surface area contributed by atoms with E-state index in [1.165, 1.54) is 12.1 Å². The number of rotatable bonds is 3. The van der Waals surface area contributed by atoms with Gasteiger partial charge in [-0.15, -0.1) is 0 Å². The number of hydrogen-bond acceptors (Lipinski definition) is 4. The third-order valence-corrected chi connectivity index (χ3v) is 4.27. The van der Waals surface area contributed by atoms with Crippen molar-refractivity contribution in [1.82, 2.24) is 9.80 Å². The maximum atomic E-state index is 12.4. The molecule has 7 nitrogen and oxygen atoms in total. The fourth-order valence-electron chi connectivity index (χ4n) is 2.25. The van der Waals surface area contributed by atoms with Gasteiger partial charge in [-0.25, -0.2) is 13.6 Å². The molecule has 2 rings (SSSR count). The Morgan fingerprint density at radius 3 is 2.33 bits per heavy atom. The van der Waals surface area contributed by atoms with E-state index < -0.39 is 10.0 Å². The number of nitrogens with zero attached hydrogens (tertiary/aromatic N) is 2. The van der Waals surface area contributed by atoms with Crippen molar-refractivity contribution >= 4 is 22.3 Å². The molecule has 1 aromatic carbocycles. The van der Waals surface area contributed by atoms with Crippen molar-refractivity contribution in [1.29, 1.82) is 0 Å². The van der Waals surface area contributed by atoms with Crippen LogP contribution in [0.5, 0.6) is 0 Å². The number of nitrogens with two attached hydrogens (primary N) is 1. The molecule has 0 aromatic heterocycles. The summed E-state index contributed by atoms with van der Waals surface area (Å²) in [5.74, 6) is -0.255. The van der Waals surface area contributed by atoms with Gasteiger partial charge in [-0.1, -0.05) is 0 Å². The molecule has 2 N–H and O–H groups in total. The average Bonchev–Trinajstić information content (AvgIpc) is 2.45. The maximum Gasteiger partial charge on any atom is 0.254 e. The highest BCUT2D eigenvalue weighted by molar-refractivity contribution is 7.89. The Balaban J connectivity index is 2.24. The highest BCUT2D eigenvalue weighted by Gasteiger charge is 2.22.